The summed E-state index contributed by atoms with van der Waals surface area (Å²) in [7, 11) is 0. The number of halogens is 1. The quantitative estimate of drug-likeness (QED) is 0.383. The molecule has 0 radical (unpaired) electrons. The van der Waals surface area contributed by atoms with Crippen molar-refractivity contribution in [3.63, 3.8) is 0 Å². The fourth-order valence-corrected chi connectivity index (χ4v) is 1.71. The van der Waals surface area contributed by atoms with E-state index >= 15 is 0 Å². The van der Waals surface area contributed by atoms with Crippen molar-refractivity contribution in [2.24, 2.45) is 0 Å². The van der Waals surface area contributed by atoms with Crippen LogP contribution >= 0.6 is 11.6 Å². The molecule has 0 unspecified atom stereocenters. The summed E-state index contributed by atoms with van der Waals surface area (Å²) in [5.41, 5.74) is 7.03. The van der Waals surface area contributed by atoms with E-state index in [0.29, 0.717) is 12.5 Å². The van der Waals surface area contributed by atoms with E-state index in [0.717, 1.165) is 22.5 Å². The summed E-state index contributed by atoms with van der Waals surface area (Å²) in [4.78, 5) is 10.1. The van der Waals surface area contributed by atoms with E-state index in [4.69, 9.17) is 27.7 Å². The van der Waals surface area contributed by atoms with Crippen LogP contribution in [0.4, 0.5) is 5.69 Å². The molecule has 0 aliphatic carbocycles. The molecule has 0 saturated carbocycles. The monoisotopic (exact) mass is 310 g/mol. The third-order valence-electron chi connectivity index (χ3n) is 2.37. The lowest BCUT2D eigenvalue weighted by Gasteiger charge is -2.07. The fourth-order valence-electron chi connectivity index (χ4n) is 1.30. The SMILES string of the molecule is CC(C)c1ccc(N)cc1Cl.CCOC=C(C#N)C(=O)O. The number of carboxylic acid groups (broad SMARTS) is 1. The zero-order valence-corrected chi connectivity index (χ0v) is 13.0. The topological polar surface area (TPSA) is 96.3 Å². The van der Waals surface area contributed by atoms with Crippen molar-refractivity contribution < 1.29 is 14.6 Å². The van der Waals surface area contributed by atoms with Crippen molar-refractivity contribution in [3.8, 4) is 6.07 Å². The fraction of sp³-hybridized carbons (Fsp3) is 0.333. The first-order valence-corrected chi connectivity index (χ1v) is 6.71. The molecule has 0 aromatic heterocycles. The van der Waals surface area contributed by atoms with Gasteiger partial charge in [-0.25, -0.2) is 4.79 Å². The van der Waals surface area contributed by atoms with Crippen molar-refractivity contribution in [2.75, 3.05) is 12.3 Å². The predicted molar refractivity (Wildman–Crippen MR) is 82.9 cm³/mol. The molecule has 0 amide bonds. The summed E-state index contributed by atoms with van der Waals surface area (Å²) in [6.07, 6.45) is 0.933. The van der Waals surface area contributed by atoms with Gasteiger partial charge in [0.25, 0.3) is 0 Å². The Morgan fingerprint density at radius 2 is 2.19 bits per heavy atom. The minimum Gasteiger partial charge on any atom is -0.500 e. The minimum absolute atomic E-state index is 0.360. The lowest BCUT2D eigenvalue weighted by atomic mass is 10.0. The molecule has 1 rings (SSSR count). The van der Waals surface area contributed by atoms with Crippen LogP contribution in [0.3, 0.4) is 0 Å². The third-order valence-corrected chi connectivity index (χ3v) is 2.69. The highest BCUT2D eigenvalue weighted by molar-refractivity contribution is 6.31. The summed E-state index contributed by atoms with van der Waals surface area (Å²) >= 11 is 5.94. The molecular formula is C15H19ClN2O3. The Labute approximate surface area is 129 Å². The third kappa shape index (κ3) is 7.23. The first-order chi connectivity index (χ1) is 9.83. The van der Waals surface area contributed by atoms with E-state index in [1.807, 2.05) is 12.1 Å². The summed E-state index contributed by atoms with van der Waals surface area (Å²) in [5.74, 6) is -0.806. The number of ether oxygens (including phenoxy) is 1. The number of nitriles is 1. The van der Waals surface area contributed by atoms with Crippen molar-refractivity contribution >= 4 is 23.3 Å². The Kier molecular flexibility index (Phi) is 8.66. The lowest BCUT2D eigenvalue weighted by Crippen LogP contribution is -1.98. The summed E-state index contributed by atoms with van der Waals surface area (Å²) in [6, 6.07) is 7.11. The van der Waals surface area contributed by atoms with Gasteiger partial charge in [0.2, 0.25) is 0 Å². The van der Waals surface area contributed by atoms with Crippen molar-refractivity contribution in [2.45, 2.75) is 26.7 Å². The summed E-state index contributed by atoms with van der Waals surface area (Å²) in [6.45, 7) is 6.28. The molecule has 1 aromatic rings. The summed E-state index contributed by atoms with van der Waals surface area (Å²) in [5, 5.41) is 17.1. The maximum atomic E-state index is 10.1. The number of hydrogen-bond acceptors (Lipinski definition) is 4. The predicted octanol–water partition coefficient (Wildman–Crippen LogP) is 3.56. The number of nitrogens with two attached hydrogens (primary N) is 1. The number of anilines is 1. The van der Waals surface area contributed by atoms with Gasteiger partial charge in [0.1, 0.15) is 12.3 Å². The Morgan fingerprint density at radius 1 is 1.57 bits per heavy atom. The van der Waals surface area contributed by atoms with Crippen molar-refractivity contribution in [1.29, 1.82) is 5.26 Å². The molecule has 6 heteroatoms. The molecule has 5 nitrogen and oxygen atoms in total. The summed E-state index contributed by atoms with van der Waals surface area (Å²) < 4.78 is 4.58. The molecule has 0 bridgehead atoms. The van der Waals surface area contributed by atoms with Crippen LogP contribution in [0.15, 0.2) is 30.0 Å². The van der Waals surface area contributed by atoms with Gasteiger partial charge >= 0.3 is 5.97 Å². The number of nitrogen functional groups attached to an aromatic ring is 1. The highest BCUT2D eigenvalue weighted by Crippen LogP contribution is 2.25. The molecule has 0 aliphatic heterocycles. The molecule has 3 N–H and O–H groups in total. The number of rotatable bonds is 4. The normalized spacial score (nSPS) is 10.4. The Hall–Kier alpha value is -2.19. The molecular weight excluding hydrogens is 292 g/mol. The first-order valence-electron chi connectivity index (χ1n) is 6.33. The van der Waals surface area contributed by atoms with E-state index in [2.05, 4.69) is 18.6 Å². The highest BCUT2D eigenvalue weighted by Gasteiger charge is 2.04. The van der Waals surface area contributed by atoms with Gasteiger partial charge in [-0.1, -0.05) is 31.5 Å². The Balaban J connectivity index is 0.000000384. The van der Waals surface area contributed by atoms with E-state index in [9.17, 15) is 4.79 Å². The standard InChI is InChI=1S/C9H12ClN.C6H7NO3/c1-6(2)8-4-3-7(11)5-9(8)10;1-2-10-4-5(3-7)6(8)9/h3-6H,11H2,1-2H3;4H,2H2,1H3,(H,8,9). The van der Waals surface area contributed by atoms with Crippen LogP contribution in [-0.4, -0.2) is 17.7 Å². The molecule has 0 aliphatic rings. The molecule has 0 atom stereocenters. The van der Waals surface area contributed by atoms with Crippen LogP contribution in [0.5, 0.6) is 0 Å². The second-order valence-electron chi connectivity index (χ2n) is 4.34. The van der Waals surface area contributed by atoms with Gasteiger partial charge in [0.05, 0.1) is 6.61 Å². The lowest BCUT2D eigenvalue weighted by molar-refractivity contribution is -0.132. The molecule has 0 fully saturated rings. The number of carbonyl (C=O) groups is 1. The smallest absolute Gasteiger partial charge is 0.349 e. The second kappa shape index (κ2) is 9.67. The minimum atomic E-state index is -1.27. The van der Waals surface area contributed by atoms with Crippen LogP contribution in [-0.2, 0) is 9.53 Å². The Morgan fingerprint density at radius 3 is 2.57 bits per heavy atom. The van der Waals surface area contributed by atoms with E-state index in [-0.39, 0.29) is 5.57 Å². The van der Waals surface area contributed by atoms with Gasteiger partial charge in [-0.05, 0) is 30.5 Å². The molecule has 0 heterocycles. The van der Waals surface area contributed by atoms with Crippen LogP contribution in [0.25, 0.3) is 0 Å². The van der Waals surface area contributed by atoms with Gasteiger partial charge < -0.3 is 15.6 Å². The van der Waals surface area contributed by atoms with Crippen LogP contribution in [0.1, 0.15) is 32.3 Å². The van der Waals surface area contributed by atoms with Gasteiger partial charge in [0.15, 0.2) is 5.57 Å². The first kappa shape index (κ1) is 18.8. The number of carboxylic acids is 1. The van der Waals surface area contributed by atoms with Gasteiger partial charge in [-0.3, -0.25) is 0 Å². The van der Waals surface area contributed by atoms with Crippen LogP contribution < -0.4 is 5.73 Å². The highest BCUT2D eigenvalue weighted by atomic mass is 35.5. The molecule has 21 heavy (non-hydrogen) atoms. The van der Waals surface area contributed by atoms with E-state index < -0.39 is 5.97 Å². The molecule has 0 spiro atoms. The van der Waals surface area contributed by atoms with Crippen molar-refractivity contribution in [1.82, 2.24) is 0 Å². The van der Waals surface area contributed by atoms with Crippen LogP contribution in [0.2, 0.25) is 5.02 Å². The number of nitrogens with zero attached hydrogens (tertiary/aromatic N) is 1. The maximum absolute atomic E-state index is 10.1. The largest absolute Gasteiger partial charge is 0.500 e. The maximum Gasteiger partial charge on any atom is 0.349 e. The number of hydrogen-bond donors (Lipinski definition) is 2. The Bertz CT molecular complexity index is 548. The second-order valence-corrected chi connectivity index (χ2v) is 4.75. The molecule has 114 valence electrons. The van der Waals surface area contributed by atoms with Crippen LogP contribution in [0, 0.1) is 11.3 Å². The van der Waals surface area contributed by atoms with Gasteiger partial charge in [-0.2, -0.15) is 5.26 Å². The average Bonchev–Trinajstić information content (AvgIpc) is 2.39. The van der Waals surface area contributed by atoms with E-state index in [1.54, 1.807) is 13.0 Å². The molecule has 1 aromatic carbocycles. The van der Waals surface area contributed by atoms with E-state index in [1.165, 1.54) is 6.07 Å². The van der Waals surface area contributed by atoms with Gasteiger partial charge in [-0.15, -0.1) is 0 Å². The molecule has 0 saturated heterocycles. The zero-order valence-electron chi connectivity index (χ0n) is 12.3. The average molecular weight is 311 g/mol. The number of aliphatic carboxylic acids is 1. The van der Waals surface area contributed by atoms with Crippen molar-refractivity contribution in [3.05, 3.63) is 40.6 Å². The van der Waals surface area contributed by atoms with Gasteiger partial charge in [0, 0.05) is 10.7 Å². The number of benzene rings is 1. The zero-order chi connectivity index (χ0) is 16.4.